The number of rotatable bonds is 10. The van der Waals surface area contributed by atoms with E-state index in [0.29, 0.717) is 13.0 Å². The Bertz CT molecular complexity index is 724. The molecule has 6 nitrogen and oxygen atoms in total. The van der Waals surface area contributed by atoms with Gasteiger partial charge in [-0.05, 0) is 70.3 Å². The molecule has 1 atom stereocenters. The van der Waals surface area contributed by atoms with Gasteiger partial charge in [-0.3, -0.25) is 4.79 Å². The summed E-state index contributed by atoms with van der Waals surface area (Å²) in [6.07, 6.45) is 6.47. The molecular formula is C22H37N3O3S. The topological polar surface area (TPSA) is 78.5 Å². The number of hydrogen-bond acceptors (Lipinski definition) is 4. The molecule has 0 spiro atoms. The maximum absolute atomic E-state index is 12.7. The molecule has 29 heavy (non-hydrogen) atoms. The Labute approximate surface area is 176 Å². The standard InChI is InChI=1S/C22H37N3O3S/c1-18(2)17-21(24-29(27,28)20-11-9-19(3)10-12-20)22(26)23-13-8-16-25-14-6-4-5-7-15-25/h9-12,18,21,24H,4-8,13-17H2,1-3H3,(H,23,26). The van der Waals surface area contributed by atoms with Gasteiger partial charge in [0.05, 0.1) is 4.90 Å². The smallest absolute Gasteiger partial charge is 0.241 e. The zero-order valence-corrected chi connectivity index (χ0v) is 18.9. The summed E-state index contributed by atoms with van der Waals surface area (Å²) in [5.74, 6) is -0.0474. The molecule has 0 aliphatic carbocycles. The van der Waals surface area contributed by atoms with Gasteiger partial charge in [-0.15, -0.1) is 0 Å². The summed E-state index contributed by atoms with van der Waals surface area (Å²) < 4.78 is 28.0. The van der Waals surface area contributed by atoms with E-state index in [0.717, 1.165) is 31.6 Å². The lowest BCUT2D eigenvalue weighted by molar-refractivity contribution is -0.123. The molecule has 7 heteroatoms. The normalized spacial score (nSPS) is 17.1. The monoisotopic (exact) mass is 423 g/mol. The number of carbonyl (C=O) groups is 1. The number of nitrogens with one attached hydrogen (secondary N) is 2. The van der Waals surface area contributed by atoms with Crippen LogP contribution in [-0.4, -0.2) is 51.4 Å². The lowest BCUT2D eigenvalue weighted by Gasteiger charge is -2.22. The molecule has 1 aliphatic heterocycles. The molecule has 1 saturated heterocycles. The highest BCUT2D eigenvalue weighted by Crippen LogP contribution is 2.14. The minimum absolute atomic E-state index is 0.186. The number of nitrogens with zero attached hydrogens (tertiary/aromatic N) is 1. The second kappa shape index (κ2) is 11.7. The zero-order chi connectivity index (χ0) is 21.3. The van der Waals surface area contributed by atoms with Crippen molar-refractivity contribution in [2.45, 2.75) is 70.2 Å². The van der Waals surface area contributed by atoms with Crippen LogP contribution in [0.25, 0.3) is 0 Å². The van der Waals surface area contributed by atoms with E-state index in [2.05, 4.69) is 14.9 Å². The maximum Gasteiger partial charge on any atom is 0.241 e. The van der Waals surface area contributed by atoms with Gasteiger partial charge in [-0.1, -0.05) is 44.4 Å². The summed E-state index contributed by atoms with van der Waals surface area (Å²) in [6, 6.07) is 5.90. The van der Waals surface area contributed by atoms with Gasteiger partial charge in [0, 0.05) is 6.54 Å². The average Bonchev–Trinajstić information content (AvgIpc) is 2.93. The molecule has 0 radical (unpaired) electrons. The van der Waals surface area contributed by atoms with Crippen molar-refractivity contribution in [3.05, 3.63) is 29.8 Å². The number of amides is 1. The van der Waals surface area contributed by atoms with Gasteiger partial charge in [-0.25, -0.2) is 8.42 Å². The van der Waals surface area contributed by atoms with Crippen LogP contribution in [0.1, 0.15) is 57.9 Å². The van der Waals surface area contributed by atoms with E-state index in [-0.39, 0.29) is 16.7 Å². The highest BCUT2D eigenvalue weighted by Gasteiger charge is 2.26. The second-order valence-electron chi connectivity index (χ2n) is 8.52. The lowest BCUT2D eigenvalue weighted by Crippen LogP contribution is -2.47. The van der Waals surface area contributed by atoms with Crippen LogP contribution in [0.5, 0.6) is 0 Å². The number of hydrogen-bond donors (Lipinski definition) is 2. The van der Waals surface area contributed by atoms with Crippen molar-refractivity contribution < 1.29 is 13.2 Å². The molecule has 1 amide bonds. The van der Waals surface area contributed by atoms with E-state index in [4.69, 9.17) is 0 Å². The van der Waals surface area contributed by atoms with Crippen molar-refractivity contribution in [1.82, 2.24) is 14.9 Å². The molecular weight excluding hydrogens is 386 g/mol. The van der Waals surface area contributed by atoms with Crippen LogP contribution in [0.3, 0.4) is 0 Å². The summed E-state index contributed by atoms with van der Waals surface area (Å²) in [5.41, 5.74) is 0.991. The molecule has 0 aromatic heterocycles. The molecule has 1 unspecified atom stereocenters. The Kier molecular flexibility index (Phi) is 9.59. The molecule has 1 aromatic rings. The molecule has 1 heterocycles. The van der Waals surface area contributed by atoms with Crippen molar-refractivity contribution in [2.24, 2.45) is 5.92 Å². The summed E-state index contributed by atoms with van der Waals surface area (Å²) in [4.78, 5) is 15.3. The maximum atomic E-state index is 12.7. The van der Waals surface area contributed by atoms with Crippen LogP contribution in [0, 0.1) is 12.8 Å². The third-order valence-corrected chi connectivity index (χ3v) is 6.79. The number of sulfonamides is 1. The lowest BCUT2D eigenvalue weighted by atomic mass is 10.0. The van der Waals surface area contributed by atoms with Crippen molar-refractivity contribution in [2.75, 3.05) is 26.2 Å². The Morgan fingerprint density at radius 3 is 2.28 bits per heavy atom. The number of aryl methyl sites for hydroxylation is 1. The first-order valence-corrected chi connectivity index (χ1v) is 12.4. The van der Waals surface area contributed by atoms with E-state index >= 15 is 0 Å². The molecule has 0 saturated carbocycles. The number of likely N-dealkylation sites (tertiary alicyclic amines) is 1. The third kappa shape index (κ3) is 8.44. The van der Waals surface area contributed by atoms with E-state index in [1.54, 1.807) is 24.3 Å². The van der Waals surface area contributed by atoms with Crippen LogP contribution in [0.4, 0.5) is 0 Å². The van der Waals surface area contributed by atoms with Gasteiger partial charge in [0.15, 0.2) is 0 Å². The van der Waals surface area contributed by atoms with Gasteiger partial charge >= 0.3 is 0 Å². The Morgan fingerprint density at radius 2 is 1.69 bits per heavy atom. The minimum Gasteiger partial charge on any atom is -0.355 e. The quantitative estimate of drug-likeness (QED) is 0.567. The highest BCUT2D eigenvalue weighted by atomic mass is 32.2. The molecule has 1 aromatic carbocycles. The molecule has 0 bridgehead atoms. The van der Waals surface area contributed by atoms with Crippen LogP contribution in [0.15, 0.2) is 29.2 Å². The summed E-state index contributed by atoms with van der Waals surface area (Å²) >= 11 is 0. The van der Waals surface area contributed by atoms with E-state index < -0.39 is 16.1 Å². The van der Waals surface area contributed by atoms with E-state index in [1.807, 2.05) is 20.8 Å². The molecule has 2 N–H and O–H groups in total. The average molecular weight is 424 g/mol. The number of benzene rings is 1. The van der Waals surface area contributed by atoms with Gasteiger partial charge < -0.3 is 10.2 Å². The van der Waals surface area contributed by atoms with Crippen molar-refractivity contribution in [3.8, 4) is 0 Å². The fraction of sp³-hybridized carbons (Fsp3) is 0.682. The molecule has 1 fully saturated rings. The highest BCUT2D eigenvalue weighted by molar-refractivity contribution is 7.89. The largest absolute Gasteiger partial charge is 0.355 e. The van der Waals surface area contributed by atoms with Gasteiger partial charge in [-0.2, -0.15) is 4.72 Å². The summed E-state index contributed by atoms with van der Waals surface area (Å²) in [7, 11) is -3.74. The van der Waals surface area contributed by atoms with Crippen molar-refractivity contribution in [3.63, 3.8) is 0 Å². The first-order chi connectivity index (χ1) is 13.8. The predicted octanol–water partition coefficient (Wildman–Crippen LogP) is 3.07. The zero-order valence-electron chi connectivity index (χ0n) is 18.1. The van der Waals surface area contributed by atoms with Gasteiger partial charge in [0.1, 0.15) is 6.04 Å². The second-order valence-corrected chi connectivity index (χ2v) is 10.2. The SMILES string of the molecule is Cc1ccc(S(=O)(=O)NC(CC(C)C)C(=O)NCCCN2CCCCCC2)cc1. The van der Waals surface area contributed by atoms with E-state index in [9.17, 15) is 13.2 Å². The first-order valence-electron chi connectivity index (χ1n) is 10.9. The molecule has 1 aliphatic rings. The third-order valence-electron chi connectivity index (χ3n) is 5.30. The van der Waals surface area contributed by atoms with Crippen LogP contribution in [0.2, 0.25) is 0 Å². The fourth-order valence-corrected chi connectivity index (χ4v) is 4.86. The van der Waals surface area contributed by atoms with Gasteiger partial charge in [0.25, 0.3) is 0 Å². The Balaban J connectivity index is 1.88. The van der Waals surface area contributed by atoms with Crippen molar-refractivity contribution in [1.29, 1.82) is 0 Å². The van der Waals surface area contributed by atoms with Crippen LogP contribution in [-0.2, 0) is 14.8 Å². The van der Waals surface area contributed by atoms with Crippen molar-refractivity contribution >= 4 is 15.9 Å². The Morgan fingerprint density at radius 1 is 1.07 bits per heavy atom. The summed E-state index contributed by atoms with van der Waals surface area (Å²) in [5, 5.41) is 2.93. The van der Waals surface area contributed by atoms with Gasteiger partial charge in [0.2, 0.25) is 15.9 Å². The van der Waals surface area contributed by atoms with E-state index in [1.165, 1.54) is 25.7 Å². The first kappa shape index (κ1) is 23.8. The number of carbonyl (C=O) groups excluding carboxylic acids is 1. The van der Waals surface area contributed by atoms with Crippen LogP contribution < -0.4 is 10.0 Å². The molecule has 2 rings (SSSR count). The Hall–Kier alpha value is -1.44. The van der Waals surface area contributed by atoms with Crippen LogP contribution >= 0.6 is 0 Å². The summed E-state index contributed by atoms with van der Waals surface area (Å²) in [6.45, 7) is 9.70. The molecule has 164 valence electrons. The predicted molar refractivity (Wildman–Crippen MR) is 117 cm³/mol. The fourth-order valence-electron chi connectivity index (χ4n) is 3.65. The minimum atomic E-state index is -3.74.